The highest BCUT2D eigenvalue weighted by Gasteiger charge is 2.45. The van der Waals surface area contributed by atoms with Crippen molar-refractivity contribution in [2.75, 3.05) is 13.1 Å². The van der Waals surface area contributed by atoms with Gasteiger partial charge in [0.05, 0.1) is 18.7 Å². The van der Waals surface area contributed by atoms with Gasteiger partial charge in [0.1, 0.15) is 35.9 Å². The molecule has 370 valence electrons. The molecule has 21 heteroatoms. The van der Waals surface area contributed by atoms with E-state index in [2.05, 4.69) is 60.9 Å². The van der Waals surface area contributed by atoms with E-state index in [-0.39, 0.29) is 45.2 Å². The third-order valence-electron chi connectivity index (χ3n) is 13.0. The second kappa shape index (κ2) is 22.8. The number of aromatic amines is 1. The lowest BCUT2D eigenvalue weighted by molar-refractivity contribution is -0.143. The predicted molar refractivity (Wildman–Crippen MR) is 261 cm³/mol. The van der Waals surface area contributed by atoms with Gasteiger partial charge in [0.2, 0.25) is 47.3 Å². The summed E-state index contributed by atoms with van der Waals surface area (Å²) >= 11 is 1.69. The number of primary amides is 2. The summed E-state index contributed by atoms with van der Waals surface area (Å²) in [6.45, 7) is 5.73. The molecule has 0 saturated carbocycles. The summed E-state index contributed by atoms with van der Waals surface area (Å²) in [5.41, 5.74) is 15.2. The molecule has 70 heavy (non-hydrogen) atoms. The molecule has 0 radical (unpaired) electrons. The molecule has 2 aromatic carbocycles. The van der Waals surface area contributed by atoms with Gasteiger partial charge in [-0.2, -0.15) is 0 Å². The van der Waals surface area contributed by atoms with E-state index in [1.807, 2.05) is 55.5 Å². The summed E-state index contributed by atoms with van der Waals surface area (Å²) < 4.78 is 1.59. The maximum Gasteiger partial charge on any atom is 0.246 e. The summed E-state index contributed by atoms with van der Waals surface area (Å²) in [5, 5.41) is 23.3. The number of nitrogens with one attached hydrogen (secondary N) is 6. The maximum atomic E-state index is 15.1. The molecule has 0 bridgehead atoms. The molecule has 8 amide bonds. The molecule has 2 aliphatic heterocycles. The van der Waals surface area contributed by atoms with Gasteiger partial charge in [0.15, 0.2) is 0 Å². The fourth-order valence-corrected chi connectivity index (χ4v) is 9.72. The number of nitrogens with two attached hydrogens (primary N) is 2. The lowest BCUT2D eigenvalue weighted by atomic mass is 9.96. The van der Waals surface area contributed by atoms with Crippen LogP contribution in [0.1, 0.15) is 81.7 Å². The number of hydrogen-bond donors (Lipinski definition) is 8. The molecule has 3 aromatic heterocycles. The molecule has 0 unspecified atom stereocenters. The van der Waals surface area contributed by atoms with Gasteiger partial charge < -0.3 is 47.9 Å². The normalized spacial score (nSPS) is 23.1. The van der Waals surface area contributed by atoms with Crippen LogP contribution in [0.15, 0.2) is 73.1 Å². The zero-order valence-electron chi connectivity index (χ0n) is 39.4. The van der Waals surface area contributed by atoms with Crippen molar-refractivity contribution in [3.05, 3.63) is 83.5 Å². The van der Waals surface area contributed by atoms with E-state index in [1.54, 1.807) is 35.3 Å². The van der Waals surface area contributed by atoms with E-state index in [0.29, 0.717) is 30.5 Å². The van der Waals surface area contributed by atoms with Crippen LogP contribution in [0.3, 0.4) is 0 Å². The van der Waals surface area contributed by atoms with E-state index in [0.717, 1.165) is 26.9 Å². The standard InChI is InChI=1S/C49H60N12O8S/c1-4-27(2)44-49(69)60-25-32(61-26-38(58-59-61)29-13-15-30(16-14-29)40-17-12-28(3)70-40)22-39(60)48(68)56-36(21-31-24-53-34-10-6-5-9-33(31)34)46(66)55-35(45(51)65)11-7-8-20-52-42(63)18-19-43(64)54-37(23-41(50)62)47(67)57-44/h5-6,9-10,12-17,24,26-27,32,35-37,39,44,53H,4,7-8,11,18-23,25H2,1-3H3,(H2,50,62)(H2,51,65)(H,52,63)(H,54,64)(H,55,66)(H,56,68)(H,57,67)/t27-,32-,35-,36-,37-,39-,44-/m0/s1. The third-order valence-corrected chi connectivity index (χ3v) is 14.1. The van der Waals surface area contributed by atoms with Crippen molar-refractivity contribution in [2.24, 2.45) is 17.4 Å². The molecule has 2 saturated heterocycles. The van der Waals surface area contributed by atoms with Crippen LogP contribution in [-0.4, -0.2) is 115 Å². The van der Waals surface area contributed by atoms with Crippen molar-refractivity contribution in [3.63, 3.8) is 0 Å². The van der Waals surface area contributed by atoms with Crippen molar-refractivity contribution in [1.29, 1.82) is 0 Å². The number of carbonyl (C=O) groups is 8. The maximum absolute atomic E-state index is 15.1. The highest BCUT2D eigenvalue weighted by molar-refractivity contribution is 7.15. The first kappa shape index (κ1) is 50.5. The Morgan fingerprint density at radius 3 is 2.29 bits per heavy atom. The average molecular weight is 977 g/mol. The van der Waals surface area contributed by atoms with Crippen molar-refractivity contribution in [3.8, 4) is 21.7 Å². The summed E-state index contributed by atoms with van der Waals surface area (Å²) in [7, 11) is 0. The molecule has 5 heterocycles. The number of hydrogen-bond acceptors (Lipinski definition) is 11. The van der Waals surface area contributed by atoms with Crippen molar-refractivity contribution >= 4 is 69.5 Å². The predicted octanol–water partition coefficient (Wildman–Crippen LogP) is 2.27. The molecule has 2 aliphatic rings. The van der Waals surface area contributed by atoms with Crippen molar-refractivity contribution < 1.29 is 38.4 Å². The van der Waals surface area contributed by atoms with Gasteiger partial charge in [-0.15, -0.1) is 16.4 Å². The van der Waals surface area contributed by atoms with E-state index in [9.17, 15) is 33.6 Å². The summed E-state index contributed by atoms with van der Waals surface area (Å²) in [5.74, 6) is -6.28. The zero-order chi connectivity index (χ0) is 50.1. The molecular weight excluding hydrogens is 917 g/mol. The van der Waals surface area contributed by atoms with E-state index < -0.39 is 95.8 Å². The number of aryl methyl sites for hydroxylation is 1. The van der Waals surface area contributed by atoms with Crippen LogP contribution in [0, 0.1) is 12.8 Å². The van der Waals surface area contributed by atoms with Crippen LogP contribution < -0.4 is 38.1 Å². The van der Waals surface area contributed by atoms with Gasteiger partial charge in [-0.25, -0.2) is 4.68 Å². The minimum atomic E-state index is -1.49. The van der Waals surface area contributed by atoms with E-state index in [4.69, 9.17) is 11.5 Å². The fourth-order valence-electron chi connectivity index (χ4n) is 8.84. The minimum absolute atomic E-state index is 0.0148. The number of H-pyrrole nitrogens is 1. The Kier molecular flexibility index (Phi) is 16.4. The fraction of sp³-hybridized carbons (Fsp3) is 0.429. The Hall–Kier alpha value is -7.42. The van der Waals surface area contributed by atoms with Crippen molar-refractivity contribution in [1.82, 2.24) is 51.5 Å². The Morgan fingerprint density at radius 1 is 0.843 bits per heavy atom. The van der Waals surface area contributed by atoms with Gasteiger partial charge in [-0.3, -0.25) is 38.4 Å². The van der Waals surface area contributed by atoms with Crippen LogP contribution in [0.25, 0.3) is 32.6 Å². The first-order valence-corrected chi connectivity index (χ1v) is 24.4. The number of para-hydroxylation sites is 1. The number of aromatic nitrogens is 4. The van der Waals surface area contributed by atoms with E-state index in [1.165, 1.54) is 9.78 Å². The monoisotopic (exact) mass is 976 g/mol. The summed E-state index contributed by atoms with van der Waals surface area (Å²) in [4.78, 5) is 116. The Labute approximate surface area is 408 Å². The minimum Gasteiger partial charge on any atom is -0.370 e. The van der Waals surface area contributed by atoms with E-state index >= 15 is 4.79 Å². The topological polar surface area (TPSA) is 298 Å². The van der Waals surface area contributed by atoms with Crippen LogP contribution in [0.4, 0.5) is 0 Å². The number of nitrogens with zero attached hydrogens (tertiary/aromatic N) is 4. The number of benzene rings is 2. The number of fused-ring (bicyclic) bond motifs is 2. The molecule has 7 rings (SSSR count). The molecule has 20 nitrogen and oxygen atoms in total. The first-order chi connectivity index (χ1) is 33.6. The highest BCUT2D eigenvalue weighted by atomic mass is 32.1. The van der Waals surface area contributed by atoms with Gasteiger partial charge in [-0.05, 0) is 61.4 Å². The third kappa shape index (κ3) is 12.4. The van der Waals surface area contributed by atoms with Gasteiger partial charge in [0.25, 0.3) is 0 Å². The molecule has 0 spiro atoms. The summed E-state index contributed by atoms with van der Waals surface area (Å²) in [6, 6.07) is 12.5. The van der Waals surface area contributed by atoms with Gasteiger partial charge in [-0.1, -0.05) is 67.9 Å². The van der Waals surface area contributed by atoms with Crippen LogP contribution >= 0.6 is 11.3 Å². The molecular formula is C49H60N12O8S. The smallest absolute Gasteiger partial charge is 0.246 e. The quantitative estimate of drug-likeness (QED) is 0.101. The molecule has 0 aliphatic carbocycles. The number of rotatable bonds is 10. The second-order valence-corrected chi connectivity index (χ2v) is 19.4. The lowest BCUT2D eigenvalue weighted by Crippen LogP contribution is -2.60. The SMILES string of the molecule is CC[C@H](C)[C@@H]1NC(=O)[C@H](CC(N)=O)NC(=O)CCC(=O)NCCCC[C@@H](C(N)=O)NC(=O)[C@H](Cc2c[nH]c3ccccc23)NC(=O)[C@@H]2C[C@H](n3cc(-c4ccc(-c5ccc(C)s5)cc4)nn3)CN2C1=O. The van der Waals surface area contributed by atoms with Gasteiger partial charge >= 0.3 is 0 Å². The largest absolute Gasteiger partial charge is 0.370 e. The Balaban J connectivity index is 1.24. The summed E-state index contributed by atoms with van der Waals surface area (Å²) in [6.07, 6.45) is 3.59. The highest BCUT2D eigenvalue weighted by Crippen LogP contribution is 2.32. The molecule has 7 atom stereocenters. The Morgan fingerprint density at radius 2 is 1.57 bits per heavy atom. The first-order valence-electron chi connectivity index (χ1n) is 23.6. The van der Waals surface area contributed by atoms with Crippen LogP contribution in [-0.2, 0) is 44.8 Å². The lowest BCUT2D eigenvalue weighted by Gasteiger charge is -2.32. The molecule has 5 aromatic rings. The zero-order valence-corrected chi connectivity index (χ0v) is 40.2. The Bertz CT molecular complexity index is 2730. The van der Waals surface area contributed by atoms with Crippen molar-refractivity contribution in [2.45, 2.75) is 115 Å². The van der Waals surface area contributed by atoms with Crippen LogP contribution in [0.2, 0.25) is 0 Å². The average Bonchev–Trinajstić information content (AvgIpc) is 4.18. The number of carbonyl (C=O) groups excluding carboxylic acids is 8. The number of amides is 8. The molecule has 2 fully saturated rings. The van der Waals surface area contributed by atoms with Crippen LogP contribution in [0.5, 0.6) is 0 Å². The van der Waals surface area contributed by atoms with Gasteiger partial charge in [0, 0.05) is 71.2 Å². The number of thiophene rings is 1. The molecule has 10 N–H and O–H groups in total. The second-order valence-electron chi connectivity index (χ2n) is 18.1.